The lowest BCUT2D eigenvalue weighted by Crippen LogP contribution is -2.37. The van der Waals surface area contributed by atoms with Crippen LogP contribution < -0.4 is 20.9 Å². The van der Waals surface area contributed by atoms with Crippen LogP contribution in [0.1, 0.15) is 31.0 Å². The molecule has 0 aliphatic carbocycles. The Morgan fingerprint density at radius 1 is 1.40 bits per heavy atom. The zero-order valence-corrected chi connectivity index (χ0v) is 17.2. The first-order chi connectivity index (χ1) is 14.6. The molecule has 1 aromatic heterocycles. The third-order valence-corrected chi connectivity index (χ3v) is 5.49. The second-order valence-corrected chi connectivity index (χ2v) is 7.48. The Labute approximate surface area is 176 Å². The highest BCUT2D eigenvalue weighted by molar-refractivity contribution is 5.93. The Hall–Kier alpha value is -3.44. The molecule has 1 aromatic carbocycles. The number of rotatable bonds is 4. The van der Waals surface area contributed by atoms with Crippen molar-refractivity contribution in [1.82, 2.24) is 15.3 Å². The first-order valence-electron chi connectivity index (χ1n) is 10.3. The Morgan fingerprint density at radius 3 is 2.97 bits per heavy atom. The van der Waals surface area contributed by atoms with Crippen LogP contribution >= 0.6 is 0 Å². The molecule has 1 atom stereocenters. The first kappa shape index (κ1) is 19.9. The number of aryl methyl sites for hydroxylation is 1. The lowest BCUT2D eigenvalue weighted by molar-refractivity contribution is -0.120. The van der Waals surface area contributed by atoms with Gasteiger partial charge in [-0.1, -0.05) is 12.1 Å². The molecule has 0 bridgehead atoms. The molecule has 0 spiro atoms. The number of hydrogen-bond donors (Lipinski definition) is 3. The minimum absolute atomic E-state index is 0.0928. The number of amides is 1. The molecular weight excluding hydrogens is 378 g/mol. The van der Waals surface area contributed by atoms with Crippen LogP contribution in [0, 0.1) is 24.2 Å². The van der Waals surface area contributed by atoms with Crippen LogP contribution in [0.3, 0.4) is 0 Å². The molecule has 1 unspecified atom stereocenters. The minimum Gasteiger partial charge on any atom is -0.339 e. The van der Waals surface area contributed by atoms with Gasteiger partial charge in [0.2, 0.25) is 11.9 Å². The van der Waals surface area contributed by atoms with Crippen LogP contribution in [0.2, 0.25) is 0 Å². The number of anilines is 3. The number of hydrogen-bond acceptors (Lipinski definition) is 7. The zero-order valence-electron chi connectivity index (χ0n) is 17.2. The number of piperidine rings is 1. The summed E-state index contributed by atoms with van der Waals surface area (Å²) >= 11 is 0. The van der Waals surface area contributed by atoms with Gasteiger partial charge < -0.3 is 15.5 Å². The molecule has 0 saturated carbocycles. The quantitative estimate of drug-likeness (QED) is 0.674. The number of allylic oxidation sites excluding steroid dienone is 1. The fourth-order valence-electron chi connectivity index (χ4n) is 3.92. The van der Waals surface area contributed by atoms with Crippen molar-refractivity contribution in [3.63, 3.8) is 0 Å². The molecule has 3 N–H and O–H groups in total. The van der Waals surface area contributed by atoms with Crippen LogP contribution in [0.5, 0.6) is 0 Å². The van der Waals surface area contributed by atoms with Gasteiger partial charge >= 0.3 is 0 Å². The van der Waals surface area contributed by atoms with E-state index in [2.05, 4.69) is 36.9 Å². The van der Waals surface area contributed by atoms with Crippen molar-refractivity contribution in [1.29, 1.82) is 5.26 Å². The number of benzene rings is 1. The topological polar surface area (TPSA) is 106 Å². The summed E-state index contributed by atoms with van der Waals surface area (Å²) in [6.07, 6.45) is 3.47. The normalized spacial score (nSPS) is 19.5. The molecule has 1 amide bonds. The number of nitrogens with one attached hydrogen (secondary N) is 3. The van der Waals surface area contributed by atoms with Gasteiger partial charge in [0.25, 0.3) is 0 Å². The maximum absolute atomic E-state index is 12.6. The van der Waals surface area contributed by atoms with E-state index in [0.717, 1.165) is 36.3 Å². The molecule has 8 nitrogen and oxygen atoms in total. The summed E-state index contributed by atoms with van der Waals surface area (Å²) in [6, 6.07) is 10.2. The fourth-order valence-corrected chi connectivity index (χ4v) is 3.92. The number of fused-ring (bicyclic) bond motifs is 1. The Bertz CT molecular complexity index is 1030. The molecule has 2 aliphatic rings. The van der Waals surface area contributed by atoms with Crippen molar-refractivity contribution in [3.05, 3.63) is 47.5 Å². The zero-order chi connectivity index (χ0) is 21.1. The second-order valence-electron chi connectivity index (χ2n) is 7.48. The highest BCUT2D eigenvalue weighted by Crippen LogP contribution is 2.38. The molecule has 3 heterocycles. The third kappa shape index (κ3) is 3.72. The highest BCUT2D eigenvalue weighted by Gasteiger charge is 2.28. The van der Waals surface area contributed by atoms with E-state index in [9.17, 15) is 10.1 Å². The molecule has 8 heteroatoms. The van der Waals surface area contributed by atoms with Crippen molar-refractivity contribution in [2.45, 2.75) is 26.7 Å². The summed E-state index contributed by atoms with van der Waals surface area (Å²) < 4.78 is 0. The van der Waals surface area contributed by atoms with Gasteiger partial charge in [0.15, 0.2) is 0 Å². The second kappa shape index (κ2) is 8.51. The van der Waals surface area contributed by atoms with Crippen LogP contribution in [-0.2, 0) is 4.79 Å². The number of carbonyl (C=O) groups excluding carboxylic acids is 1. The van der Waals surface area contributed by atoms with Crippen molar-refractivity contribution < 1.29 is 4.79 Å². The van der Waals surface area contributed by atoms with Crippen molar-refractivity contribution in [2.75, 3.05) is 35.2 Å². The van der Waals surface area contributed by atoms with Crippen LogP contribution in [-0.4, -0.2) is 35.5 Å². The highest BCUT2D eigenvalue weighted by atomic mass is 16.2. The van der Waals surface area contributed by atoms with Crippen molar-refractivity contribution >= 4 is 28.8 Å². The summed E-state index contributed by atoms with van der Waals surface area (Å²) in [6.45, 7) is 6.20. The summed E-state index contributed by atoms with van der Waals surface area (Å²) in [5.74, 6) is 0.724. The van der Waals surface area contributed by atoms with Gasteiger partial charge in [-0.25, -0.2) is 9.97 Å². The van der Waals surface area contributed by atoms with E-state index in [1.165, 1.54) is 0 Å². The van der Waals surface area contributed by atoms with Crippen molar-refractivity contribution in [3.8, 4) is 6.07 Å². The largest absolute Gasteiger partial charge is 0.339 e. The summed E-state index contributed by atoms with van der Waals surface area (Å²) in [5, 5.41) is 19.4. The maximum Gasteiger partial charge on any atom is 0.231 e. The van der Waals surface area contributed by atoms with E-state index in [-0.39, 0.29) is 17.8 Å². The van der Waals surface area contributed by atoms with E-state index in [0.29, 0.717) is 30.2 Å². The van der Waals surface area contributed by atoms with Gasteiger partial charge in [0, 0.05) is 19.3 Å². The predicted octanol–water partition coefficient (Wildman–Crippen LogP) is 2.87. The average molecular weight is 403 g/mol. The van der Waals surface area contributed by atoms with Crippen LogP contribution in [0.15, 0.2) is 36.3 Å². The molecule has 4 rings (SSSR count). The number of carbonyl (C=O) groups is 1. The summed E-state index contributed by atoms with van der Waals surface area (Å²) in [4.78, 5) is 23.4. The fraction of sp³-hybridized carbons (Fsp3) is 0.364. The van der Waals surface area contributed by atoms with Crippen molar-refractivity contribution in [2.24, 2.45) is 5.92 Å². The molecule has 1 fully saturated rings. The van der Waals surface area contributed by atoms with E-state index in [4.69, 9.17) is 0 Å². The monoisotopic (exact) mass is 403 g/mol. The first-order valence-corrected chi connectivity index (χ1v) is 10.3. The molecule has 154 valence electrons. The van der Waals surface area contributed by atoms with Gasteiger partial charge in [0.1, 0.15) is 17.5 Å². The van der Waals surface area contributed by atoms with Gasteiger partial charge in [-0.3, -0.25) is 10.1 Å². The van der Waals surface area contributed by atoms with Gasteiger partial charge in [-0.2, -0.15) is 5.26 Å². The van der Waals surface area contributed by atoms with E-state index in [1.807, 2.05) is 38.1 Å². The number of nitriles is 1. The lowest BCUT2D eigenvalue weighted by atomic mass is 9.99. The van der Waals surface area contributed by atoms with Crippen LogP contribution in [0.4, 0.5) is 17.3 Å². The Balaban J connectivity index is 1.67. The van der Waals surface area contributed by atoms with E-state index >= 15 is 0 Å². The number of nitrogens with zero attached hydrogens (tertiary/aromatic N) is 4. The summed E-state index contributed by atoms with van der Waals surface area (Å²) in [5.41, 5.74) is 3.67. The van der Waals surface area contributed by atoms with Gasteiger partial charge in [0.05, 0.1) is 23.0 Å². The molecule has 2 aliphatic heterocycles. The lowest BCUT2D eigenvalue weighted by Gasteiger charge is -2.22. The van der Waals surface area contributed by atoms with Gasteiger partial charge in [-0.15, -0.1) is 0 Å². The third-order valence-electron chi connectivity index (χ3n) is 5.49. The SMILES string of the molecule is CCN1C(=C(C#N)c2nc(NC(=O)C3CCCNC3)ncc2C)Nc2ccccc21. The molecule has 30 heavy (non-hydrogen) atoms. The Morgan fingerprint density at radius 2 is 2.23 bits per heavy atom. The van der Waals surface area contributed by atoms with Gasteiger partial charge in [-0.05, 0) is 50.9 Å². The van der Waals surface area contributed by atoms with E-state index in [1.54, 1.807) is 6.20 Å². The standard InChI is InChI=1S/C22H25N7O/c1-3-29-18-9-5-4-8-17(18)26-20(29)16(11-23)19-14(2)12-25-22(27-19)28-21(30)15-7-6-10-24-13-15/h4-5,8-9,12,15,24,26H,3,6-7,10,13H2,1-2H3,(H,25,27,28,30). The smallest absolute Gasteiger partial charge is 0.231 e. The minimum atomic E-state index is -0.0949. The van der Waals surface area contributed by atoms with E-state index < -0.39 is 0 Å². The molecule has 2 aromatic rings. The molecule has 0 radical (unpaired) electrons. The average Bonchev–Trinajstić information content (AvgIpc) is 3.15. The summed E-state index contributed by atoms with van der Waals surface area (Å²) in [7, 11) is 0. The molecular formula is C22H25N7O. The Kier molecular flexibility index (Phi) is 5.63. The van der Waals surface area contributed by atoms with Crippen LogP contribution in [0.25, 0.3) is 5.57 Å². The molecule has 1 saturated heterocycles. The predicted molar refractivity (Wildman–Crippen MR) is 117 cm³/mol. The number of para-hydroxylation sites is 2. The number of aromatic nitrogens is 2. The maximum atomic E-state index is 12.6.